The Bertz CT molecular complexity index is 978. The van der Waals surface area contributed by atoms with Crippen molar-refractivity contribution in [3.05, 3.63) is 42.3 Å². The molecule has 1 N–H and O–H groups in total. The summed E-state index contributed by atoms with van der Waals surface area (Å²) in [4.78, 5) is 17.3. The molecule has 2 fully saturated rings. The summed E-state index contributed by atoms with van der Waals surface area (Å²) >= 11 is 1.64. The average molecular weight is 396 g/mol. The van der Waals surface area contributed by atoms with Crippen LogP contribution in [-0.4, -0.2) is 34.1 Å². The van der Waals surface area contributed by atoms with Crippen LogP contribution in [0.25, 0.3) is 21.8 Å². The smallest absolute Gasteiger partial charge is 0.223 e. The van der Waals surface area contributed by atoms with Gasteiger partial charge in [0.1, 0.15) is 5.82 Å². The predicted molar refractivity (Wildman–Crippen MR) is 111 cm³/mol. The summed E-state index contributed by atoms with van der Waals surface area (Å²) in [6.45, 7) is 2.04. The van der Waals surface area contributed by atoms with Crippen LogP contribution in [0.1, 0.15) is 32.1 Å². The van der Waals surface area contributed by atoms with Crippen LogP contribution in [0.3, 0.4) is 0 Å². The van der Waals surface area contributed by atoms with E-state index in [4.69, 9.17) is 9.97 Å². The number of nitrogens with one attached hydrogen (secondary N) is 1. The zero-order valence-electron chi connectivity index (χ0n) is 15.6. The van der Waals surface area contributed by atoms with Crippen molar-refractivity contribution in [2.45, 2.75) is 38.1 Å². The van der Waals surface area contributed by atoms with Gasteiger partial charge in [0.25, 0.3) is 0 Å². The summed E-state index contributed by atoms with van der Waals surface area (Å²) < 4.78 is 13.9. The topological polar surface area (TPSA) is 53.9 Å². The van der Waals surface area contributed by atoms with Gasteiger partial charge < -0.3 is 10.2 Å². The van der Waals surface area contributed by atoms with Crippen LogP contribution in [-0.2, 0) is 0 Å². The molecular formula is C21H22FN5S. The molecule has 1 aliphatic carbocycles. The number of nitrogens with zero attached hydrogens (tertiary/aromatic N) is 4. The summed E-state index contributed by atoms with van der Waals surface area (Å²) in [5.74, 6) is 0.396. The molecule has 3 aromatic rings. The number of hydrogen-bond donors (Lipinski definition) is 1. The molecule has 2 aromatic heterocycles. The quantitative estimate of drug-likeness (QED) is 0.661. The Morgan fingerprint density at radius 2 is 1.93 bits per heavy atom. The average Bonchev–Trinajstić information content (AvgIpc) is 3.42. The van der Waals surface area contributed by atoms with Crippen molar-refractivity contribution in [2.75, 3.05) is 23.3 Å². The Morgan fingerprint density at radius 3 is 2.71 bits per heavy atom. The number of thiazole rings is 1. The lowest BCUT2D eigenvalue weighted by atomic mass is 10.1. The Hall–Kier alpha value is -2.54. The fourth-order valence-electron chi connectivity index (χ4n) is 3.50. The molecular weight excluding hydrogens is 373 g/mol. The van der Waals surface area contributed by atoms with E-state index in [0.29, 0.717) is 12.0 Å². The first kappa shape index (κ1) is 17.6. The van der Waals surface area contributed by atoms with Crippen molar-refractivity contribution in [2.24, 2.45) is 0 Å². The van der Waals surface area contributed by atoms with Crippen LogP contribution in [0.15, 0.2) is 36.5 Å². The summed E-state index contributed by atoms with van der Waals surface area (Å²) in [7, 11) is 0. The van der Waals surface area contributed by atoms with Crippen molar-refractivity contribution in [3.63, 3.8) is 0 Å². The third kappa shape index (κ3) is 3.71. The third-order valence-electron chi connectivity index (χ3n) is 5.14. The van der Waals surface area contributed by atoms with E-state index < -0.39 is 0 Å². The van der Waals surface area contributed by atoms with E-state index in [1.165, 1.54) is 38.2 Å². The van der Waals surface area contributed by atoms with Gasteiger partial charge in [-0.3, -0.25) is 0 Å². The van der Waals surface area contributed by atoms with Crippen LogP contribution < -0.4 is 10.2 Å². The SMILES string of the molecule is Fc1cccc(-c2nc(N3CCCCC3)sc2-c2ccnc(NC3CC3)n2)c1. The number of rotatable bonds is 5. The maximum atomic E-state index is 13.9. The van der Waals surface area contributed by atoms with E-state index in [9.17, 15) is 4.39 Å². The zero-order valence-corrected chi connectivity index (χ0v) is 16.4. The van der Waals surface area contributed by atoms with Gasteiger partial charge in [-0.15, -0.1) is 0 Å². The van der Waals surface area contributed by atoms with Crippen LogP contribution >= 0.6 is 11.3 Å². The van der Waals surface area contributed by atoms with E-state index in [0.717, 1.165) is 40.0 Å². The van der Waals surface area contributed by atoms with Crippen molar-refractivity contribution >= 4 is 22.4 Å². The molecule has 1 saturated heterocycles. The van der Waals surface area contributed by atoms with Crippen LogP contribution in [0.5, 0.6) is 0 Å². The van der Waals surface area contributed by atoms with Gasteiger partial charge in [-0.1, -0.05) is 23.5 Å². The third-order valence-corrected chi connectivity index (χ3v) is 6.28. The summed E-state index contributed by atoms with van der Waals surface area (Å²) in [5.41, 5.74) is 2.41. The Morgan fingerprint density at radius 1 is 1.07 bits per heavy atom. The summed E-state index contributed by atoms with van der Waals surface area (Å²) in [6.07, 6.45) is 7.76. The van der Waals surface area contributed by atoms with Gasteiger partial charge in [-0.25, -0.2) is 19.3 Å². The zero-order chi connectivity index (χ0) is 18.9. The molecule has 0 bridgehead atoms. The molecule has 5 nitrogen and oxygen atoms in total. The minimum Gasteiger partial charge on any atom is -0.351 e. The van der Waals surface area contributed by atoms with E-state index in [2.05, 4.69) is 15.2 Å². The van der Waals surface area contributed by atoms with Gasteiger partial charge in [-0.05, 0) is 50.3 Å². The van der Waals surface area contributed by atoms with Gasteiger partial charge in [0, 0.05) is 30.9 Å². The normalized spacial score (nSPS) is 17.0. The molecule has 2 aliphatic rings. The molecule has 3 heterocycles. The molecule has 5 rings (SSSR count). The lowest BCUT2D eigenvalue weighted by Crippen LogP contribution is -2.29. The lowest BCUT2D eigenvalue weighted by molar-refractivity contribution is 0.577. The minimum absolute atomic E-state index is 0.255. The highest BCUT2D eigenvalue weighted by Crippen LogP contribution is 2.40. The van der Waals surface area contributed by atoms with Gasteiger partial charge in [0.05, 0.1) is 16.3 Å². The maximum absolute atomic E-state index is 13.9. The molecule has 0 unspecified atom stereocenters. The lowest BCUT2D eigenvalue weighted by Gasteiger charge is -2.25. The fraction of sp³-hybridized carbons (Fsp3) is 0.381. The number of piperidine rings is 1. The molecule has 0 spiro atoms. The molecule has 144 valence electrons. The monoisotopic (exact) mass is 395 g/mol. The largest absolute Gasteiger partial charge is 0.351 e. The van der Waals surface area contributed by atoms with Crippen molar-refractivity contribution < 1.29 is 4.39 Å². The minimum atomic E-state index is -0.255. The first-order valence-electron chi connectivity index (χ1n) is 9.88. The van der Waals surface area contributed by atoms with Crippen LogP contribution in [0, 0.1) is 5.82 Å². The first-order chi connectivity index (χ1) is 13.8. The highest BCUT2D eigenvalue weighted by atomic mass is 32.1. The Balaban J connectivity index is 1.57. The number of anilines is 2. The summed E-state index contributed by atoms with van der Waals surface area (Å²) in [6, 6.07) is 9.05. The van der Waals surface area contributed by atoms with Crippen molar-refractivity contribution in [1.82, 2.24) is 15.0 Å². The molecule has 28 heavy (non-hydrogen) atoms. The van der Waals surface area contributed by atoms with Crippen molar-refractivity contribution in [3.8, 4) is 21.8 Å². The Kier molecular flexibility index (Phi) is 4.68. The van der Waals surface area contributed by atoms with Gasteiger partial charge >= 0.3 is 0 Å². The second kappa shape index (κ2) is 7.47. The molecule has 1 aliphatic heterocycles. The van der Waals surface area contributed by atoms with Crippen LogP contribution in [0.4, 0.5) is 15.5 Å². The maximum Gasteiger partial charge on any atom is 0.223 e. The summed E-state index contributed by atoms with van der Waals surface area (Å²) in [5, 5.41) is 4.35. The van der Waals surface area contributed by atoms with E-state index in [1.54, 1.807) is 29.7 Å². The number of aromatic nitrogens is 3. The van der Waals surface area contributed by atoms with E-state index in [1.807, 2.05) is 12.1 Å². The number of benzene rings is 1. The molecule has 1 saturated carbocycles. The second-order valence-electron chi connectivity index (χ2n) is 7.42. The Labute approximate surface area is 167 Å². The standard InChI is InChI=1S/C21H22FN5S/c22-15-6-4-5-14(13-15)18-19(28-21(26-18)27-11-2-1-3-12-27)17-9-10-23-20(25-17)24-16-7-8-16/h4-6,9-10,13,16H,1-3,7-8,11-12H2,(H,23,24,25). The first-order valence-corrected chi connectivity index (χ1v) is 10.7. The van der Waals surface area contributed by atoms with Gasteiger partial charge in [0.2, 0.25) is 5.95 Å². The molecule has 0 amide bonds. The van der Waals surface area contributed by atoms with Gasteiger partial charge in [-0.2, -0.15) is 0 Å². The molecule has 0 atom stereocenters. The predicted octanol–water partition coefficient (Wildman–Crippen LogP) is 4.97. The highest BCUT2D eigenvalue weighted by molar-refractivity contribution is 7.19. The highest BCUT2D eigenvalue weighted by Gasteiger charge is 2.24. The molecule has 7 heteroatoms. The number of hydrogen-bond acceptors (Lipinski definition) is 6. The second-order valence-corrected chi connectivity index (χ2v) is 8.39. The van der Waals surface area contributed by atoms with E-state index in [-0.39, 0.29) is 5.82 Å². The molecule has 1 aromatic carbocycles. The van der Waals surface area contributed by atoms with Crippen LogP contribution in [0.2, 0.25) is 0 Å². The fourth-order valence-corrected chi connectivity index (χ4v) is 4.61. The van der Waals surface area contributed by atoms with E-state index >= 15 is 0 Å². The van der Waals surface area contributed by atoms with Crippen molar-refractivity contribution in [1.29, 1.82) is 0 Å². The molecule has 0 radical (unpaired) electrons. The van der Waals surface area contributed by atoms with Gasteiger partial charge in [0.15, 0.2) is 5.13 Å². The number of halogens is 1.